The summed E-state index contributed by atoms with van der Waals surface area (Å²) in [5.74, 6) is 0.779. The van der Waals surface area contributed by atoms with E-state index in [4.69, 9.17) is 5.11 Å². The predicted molar refractivity (Wildman–Crippen MR) is 70.4 cm³/mol. The highest BCUT2D eigenvalue weighted by molar-refractivity contribution is 5.71. The summed E-state index contributed by atoms with van der Waals surface area (Å²) in [6.45, 7) is 3.86. The highest BCUT2D eigenvalue weighted by Gasteiger charge is 1.99. The van der Waals surface area contributed by atoms with Crippen molar-refractivity contribution in [3.05, 3.63) is 24.5 Å². The van der Waals surface area contributed by atoms with E-state index in [1.165, 1.54) is 0 Å². The number of aliphatic hydroxyl groups is 1. The summed E-state index contributed by atoms with van der Waals surface area (Å²) in [7, 11) is 0. The SMILES string of the molecule is CC(O)CNCCNc1ccc2nccnc2n1. The van der Waals surface area contributed by atoms with Crippen LogP contribution in [-0.2, 0) is 0 Å². The van der Waals surface area contributed by atoms with Crippen molar-refractivity contribution in [2.45, 2.75) is 13.0 Å². The van der Waals surface area contributed by atoms with Crippen molar-refractivity contribution in [2.24, 2.45) is 0 Å². The van der Waals surface area contributed by atoms with E-state index in [9.17, 15) is 0 Å². The van der Waals surface area contributed by atoms with Crippen LogP contribution >= 0.6 is 0 Å². The molecular weight excluding hydrogens is 230 g/mol. The summed E-state index contributed by atoms with van der Waals surface area (Å²) >= 11 is 0. The third kappa shape index (κ3) is 3.61. The van der Waals surface area contributed by atoms with Crippen LogP contribution in [0, 0.1) is 0 Å². The number of fused-ring (bicyclic) bond motifs is 1. The van der Waals surface area contributed by atoms with Gasteiger partial charge in [-0.3, -0.25) is 4.98 Å². The number of pyridine rings is 1. The molecule has 0 aliphatic carbocycles. The van der Waals surface area contributed by atoms with Gasteiger partial charge in [-0.05, 0) is 19.1 Å². The van der Waals surface area contributed by atoms with Gasteiger partial charge >= 0.3 is 0 Å². The number of nitrogens with one attached hydrogen (secondary N) is 2. The average Bonchev–Trinajstić information content (AvgIpc) is 2.38. The molecule has 0 saturated heterocycles. The molecule has 0 bridgehead atoms. The topological polar surface area (TPSA) is 83.0 Å². The minimum absolute atomic E-state index is 0.320. The van der Waals surface area contributed by atoms with E-state index in [0.717, 1.165) is 24.4 Å². The maximum atomic E-state index is 9.08. The van der Waals surface area contributed by atoms with E-state index in [2.05, 4.69) is 25.6 Å². The minimum Gasteiger partial charge on any atom is -0.392 e. The highest BCUT2D eigenvalue weighted by Crippen LogP contribution is 2.09. The summed E-state index contributed by atoms with van der Waals surface area (Å²) in [5, 5.41) is 15.4. The first kappa shape index (κ1) is 12.7. The molecule has 2 heterocycles. The Morgan fingerprint density at radius 2 is 2.06 bits per heavy atom. The maximum Gasteiger partial charge on any atom is 0.180 e. The van der Waals surface area contributed by atoms with Gasteiger partial charge in [-0.25, -0.2) is 9.97 Å². The molecule has 2 aromatic heterocycles. The van der Waals surface area contributed by atoms with Gasteiger partial charge in [-0.15, -0.1) is 0 Å². The highest BCUT2D eigenvalue weighted by atomic mass is 16.3. The lowest BCUT2D eigenvalue weighted by Gasteiger charge is -2.08. The minimum atomic E-state index is -0.320. The van der Waals surface area contributed by atoms with Gasteiger partial charge in [0, 0.05) is 32.0 Å². The zero-order chi connectivity index (χ0) is 12.8. The zero-order valence-electron chi connectivity index (χ0n) is 10.3. The molecule has 0 fully saturated rings. The Bertz CT molecular complexity index is 503. The summed E-state index contributed by atoms with van der Waals surface area (Å²) in [4.78, 5) is 12.7. The average molecular weight is 247 g/mol. The first-order valence-corrected chi connectivity index (χ1v) is 5.96. The monoisotopic (exact) mass is 247 g/mol. The van der Waals surface area contributed by atoms with Crippen molar-refractivity contribution in [3.63, 3.8) is 0 Å². The van der Waals surface area contributed by atoms with Gasteiger partial charge in [0.05, 0.1) is 6.10 Å². The standard InChI is InChI=1S/C12H17N5O/c1-9(18)8-13-4-5-15-11-3-2-10-12(17-11)16-7-6-14-10/h2-3,6-7,9,13,18H,4-5,8H2,1H3,(H,15,16,17). The molecule has 0 amide bonds. The van der Waals surface area contributed by atoms with Crippen LogP contribution in [-0.4, -0.2) is 45.8 Å². The fraction of sp³-hybridized carbons (Fsp3) is 0.417. The molecule has 6 heteroatoms. The van der Waals surface area contributed by atoms with E-state index in [1.807, 2.05) is 12.1 Å². The molecule has 0 saturated carbocycles. The van der Waals surface area contributed by atoms with E-state index in [0.29, 0.717) is 12.2 Å². The fourth-order valence-electron chi connectivity index (χ4n) is 1.54. The summed E-state index contributed by atoms with van der Waals surface area (Å²) in [6.07, 6.45) is 2.96. The van der Waals surface area contributed by atoms with Gasteiger partial charge < -0.3 is 15.7 Å². The van der Waals surface area contributed by atoms with Gasteiger partial charge in [0.1, 0.15) is 11.3 Å². The predicted octanol–water partition coefficient (Wildman–Crippen LogP) is 0.407. The largest absolute Gasteiger partial charge is 0.392 e. The van der Waals surface area contributed by atoms with Crippen LogP contribution in [0.1, 0.15) is 6.92 Å². The van der Waals surface area contributed by atoms with Gasteiger partial charge in [-0.1, -0.05) is 0 Å². The Kier molecular flexibility index (Phi) is 4.38. The second kappa shape index (κ2) is 6.23. The lowest BCUT2D eigenvalue weighted by Crippen LogP contribution is -2.29. The molecule has 2 rings (SSSR count). The van der Waals surface area contributed by atoms with Crippen LogP contribution in [0.25, 0.3) is 11.2 Å². The number of aliphatic hydroxyl groups excluding tert-OH is 1. The van der Waals surface area contributed by atoms with Crippen LogP contribution in [0.3, 0.4) is 0 Å². The van der Waals surface area contributed by atoms with Crippen LogP contribution < -0.4 is 10.6 Å². The van der Waals surface area contributed by atoms with E-state index in [1.54, 1.807) is 19.3 Å². The van der Waals surface area contributed by atoms with Crippen LogP contribution in [0.15, 0.2) is 24.5 Å². The Morgan fingerprint density at radius 3 is 2.89 bits per heavy atom. The number of anilines is 1. The molecule has 0 aromatic carbocycles. The Hall–Kier alpha value is -1.79. The van der Waals surface area contributed by atoms with Crippen molar-refractivity contribution < 1.29 is 5.11 Å². The normalized spacial score (nSPS) is 12.6. The number of hydrogen-bond acceptors (Lipinski definition) is 6. The molecule has 6 nitrogen and oxygen atoms in total. The lowest BCUT2D eigenvalue weighted by molar-refractivity contribution is 0.192. The van der Waals surface area contributed by atoms with Crippen molar-refractivity contribution >= 4 is 17.0 Å². The molecule has 0 radical (unpaired) electrons. The lowest BCUT2D eigenvalue weighted by atomic mass is 10.4. The number of rotatable bonds is 6. The number of hydrogen-bond donors (Lipinski definition) is 3. The van der Waals surface area contributed by atoms with Crippen molar-refractivity contribution in [3.8, 4) is 0 Å². The summed E-state index contributed by atoms with van der Waals surface area (Å²) in [5.41, 5.74) is 1.43. The zero-order valence-corrected chi connectivity index (χ0v) is 10.3. The fourth-order valence-corrected chi connectivity index (χ4v) is 1.54. The molecule has 1 atom stereocenters. The molecule has 3 N–H and O–H groups in total. The van der Waals surface area contributed by atoms with Crippen molar-refractivity contribution in [1.82, 2.24) is 20.3 Å². The first-order chi connectivity index (χ1) is 8.75. The van der Waals surface area contributed by atoms with E-state index >= 15 is 0 Å². The Balaban J connectivity index is 1.84. The second-order valence-electron chi connectivity index (χ2n) is 4.08. The first-order valence-electron chi connectivity index (χ1n) is 5.96. The van der Waals surface area contributed by atoms with E-state index in [-0.39, 0.29) is 6.10 Å². The quantitative estimate of drug-likeness (QED) is 0.641. The van der Waals surface area contributed by atoms with Crippen molar-refractivity contribution in [2.75, 3.05) is 25.0 Å². The molecular formula is C12H17N5O. The number of aromatic nitrogens is 3. The third-order valence-electron chi connectivity index (χ3n) is 2.38. The van der Waals surface area contributed by atoms with Crippen molar-refractivity contribution in [1.29, 1.82) is 0 Å². The van der Waals surface area contributed by atoms with Crippen LogP contribution in [0.4, 0.5) is 5.82 Å². The molecule has 18 heavy (non-hydrogen) atoms. The van der Waals surface area contributed by atoms with E-state index < -0.39 is 0 Å². The molecule has 1 unspecified atom stereocenters. The van der Waals surface area contributed by atoms with Crippen LogP contribution in [0.5, 0.6) is 0 Å². The van der Waals surface area contributed by atoms with Gasteiger partial charge in [-0.2, -0.15) is 0 Å². The molecule has 96 valence electrons. The van der Waals surface area contributed by atoms with Gasteiger partial charge in [0.25, 0.3) is 0 Å². The van der Waals surface area contributed by atoms with Gasteiger partial charge in [0.15, 0.2) is 5.65 Å². The summed E-state index contributed by atoms with van der Waals surface area (Å²) < 4.78 is 0. The Morgan fingerprint density at radius 1 is 1.22 bits per heavy atom. The Labute approximate surface area is 105 Å². The van der Waals surface area contributed by atoms with Crippen LogP contribution in [0.2, 0.25) is 0 Å². The van der Waals surface area contributed by atoms with Gasteiger partial charge in [0.2, 0.25) is 0 Å². The summed E-state index contributed by atoms with van der Waals surface area (Å²) in [6, 6.07) is 3.77. The smallest absolute Gasteiger partial charge is 0.180 e. The molecule has 0 spiro atoms. The molecule has 0 aliphatic rings. The number of nitrogens with zero attached hydrogens (tertiary/aromatic N) is 3. The third-order valence-corrected chi connectivity index (χ3v) is 2.38. The molecule has 2 aromatic rings. The molecule has 0 aliphatic heterocycles. The second-order valence-corrected chi connectivity index (χ2v) is 4.08. The maximum absolute atomic E-state index is 9.08.